The van der Waals surface area contributed by atoms with Crippen molar-refractivity contribution in [2.75, 3.05) is 22.7 Å². The van der Waals surface area contributed by atoms with E-state index in [0.29, 0.717) is 29.0 Å². The molecule has 2 amide bonds. The monoisotopic (exact) mass is 587 g/mol. The lowest BCUT2D eigenvalue weighted by Crippen LogP contribution is -2.48. The van der Waals surface area contributed by atoms with E-state index in [9.17, 15) is 44.3 Å². The number of fused-ring (bicyclic) bond motifs is 1. The van der Waals surface area contributed by atoms with Gasteiger partial charge in [0.05, 0.1) is 18.8 Å². The van der Waals surface area contributed by atoms with Crippen molar-refractivity contribution in [2.45, 2.75) is 49.7 Å². The molecular weight excluding hydrogens is 564 g/mol. The minimum absolute atomic E-state index is 0.160. The molecule has 0 bridgehead atoms. The third-order valence-corrected chi connectivity index (χ3v) is 7.16. The van der Waals surface area contributed by atoms with Crippen molar-refractivity contribution in [2.24, 2.45) is 7.05 Å². The maximum atomic E-state index is 13.6. The van der Waals surface area contributed by atoms with E-state index >= 15 is 0 Å². The lowest BCUT2D eigenvalue weighted by molar-refractivity contribution is -0.242. The number of amides is 2. The summed E-state index contributed by atoms with van der Waals surface area (Å²) in [5.74, 6) is -0.641. The van der Waals surface area contributed by atoms with Gasteiger partial charge in [0.25, 0.3) is 10.0 Å². The van der Waals surface area contributed by atoms with Gasteiger partial charge >= 0.3 is 18.4 Å². The molecule has 216 valence electrons. The van der Waals surface area contributed by atoms with Crippen molar-refractivity contribution < 1.29 is 53.8 Å². The number of alkyl halides is 6. The predicted octanol–water partition coefficient (Wildman–Crippen LogP) is 3.42. The van der Waals surface area contributed by atoms with Crippen LogP contribution in [0, 0.1) is 0 Å². The van der Waals surface area contributed by atoms with Crippen LogP contribution < -0.4 is 19.7 Å². The molecule has 18 heteroatoms. The second kappa shape index (κ2) is 10.1. The molecule has 3 rings (SSSR count). The average molecular weight is 587 g/mol. The van der Waals surface area contributed by atoms with E-state index in [0.717, 1.165) is 25.2 Å². The Balaban J connectivity index is 2.04. The minimum Gasteiger partial charge on any atom is -0.484 e. The summed E-state index contributed by atoms with van der Waals surface area (Å²) in [6.07, 6.45) is -11.9. The second-order valence-electron chi connectivity index (χ2n) is 8.93. The number of aryl methyl sites for hydroxylation is 1. The molecule has 1 unspecified atom stereocenters. The highest BCUT2D eigenvalue weighted by molar-refractivity contribution is 7.92. The third kappa shape index (κ3) is 6.48. The SMILES string of the molecule is CC(=O)NCC1CN(S(=O)(=O)c2cn(C)nc2C(F)(F)F)c2cc(NC(=O)OC(C)(C)C(F)(F)F)ccc2O1. The number of benzene rings is 1. The van der Waals surface area contributed by atoms with Crippen LogP contribution in [0.5, 0.6) is 5.75 Å². The molecule has 2 heterocycles. The first kappa shape index (κ1) is 29.9. The summed E-state index contributed by atoms with van der Waals surface area (Å²) in [4.78, 5) is 22.3. The maximum absolute atomic E-state index is 13.6. The molecule has 1 aliphatic rings. The first-order valence-corrected chi connectivity index (χ1v) is 12.4. The summed E-state index contributed by atoms with van der Waals surface area (Å²) < 4.78 is 118. The quantitative estimate of drug-likeness (QED) is 0.495. The van der Waals surface area contributed by atoms with E-state index in [-0.39, 0.29) is 23.7 Å². The molecule has 0 saturated heterocycles. The van der Waals surface area contributed by atoms with Gasteiger partial charge in [0.1, 0.15) is 16.7 Å². The Hall–Kier alpha value is -3.70. The molecule has 0 radical (unpaired) electrons. The number of rotatable bonds is 6. The molecule has 0 saturated carbocycles. The molecule has 0 fully saturated rings. The number of carbonyl (C=O) groups excluding carboxylic acids is 2. The maximum Gasteiger partial charge on any atom is 0.436 e. The fraction of sp³-hybridized carbons (Fsp3) is 0.476. The smallest absolute Gasteiger partial charge is 0.436 e. The number of ether oxygens (including phenoxy) is 2. The second-order valence-corrected chi connectivity index (χ2v) is 10.8. The Morgan fingerprint density at radius 3 is 2.38 bits per heavy atom. The Labute approximate surface area is 218 Å². The number of anilines is 2. The number of hydrogen-bond acceptors (Lipinski definition) is 7. The Bertz CT molecular complexity index is 1370. The van der Waals surface area contributed by atoms with Gasteiger partial charge in [0.2, 0.25) is 11.5 Å². The van der Waals surface area contributed by atoms with Gasteiger partial charge in [0.15, 0.2) is 5.69 Å². The molecular formula is C21H23F6N5O6S. The summed E-state index contributed by atoms with van der Waals surface area (Å²) in [5.41, 5.74) is -5.12. The summed E-state index contributed by atoms with van der Waals surface area (Å²) in [7, 11) is -3.89. The topological polar surface area (TPSA) is 132 Å². The molecule has 0 spiro atoms. The van der Waals surface area contributed by atoms with E-state index in [1.54, 1.807) is 0 Å². The number of carbonyl (C=O) groups is 2. The highest BCUT2D eigenvalue weighted by Gasteiger charge is 2.51. The summed E-state index contributed by atoms with van der Waals surface area (Å²) >= 11 is 0. The minimum atomic E-state index is -5.13. The zero-order chi connectivity index (χ0) is 29.6. The van der Waals surface area contributed by atoms with Crippen LogP contribution in [0.2, 0.25) is 0 Å². The lowest BCUT2D eigenvalue weighted by atomic mass is 10.1. The number of halogens is 6. The normalized spacial score (nSPS) is 16.3. The first-order valence-electron chi connectivity index (χ1n) is 11.0. The van der Waals surface area contributed by atoms with Gasteiger partial charge in [-0.2, -0.15) is 31.4 Å². The molecule has 1 aliphatic heterocycles. The molecule has 2 N–H and O–H groups in total. The summed E-state index contributed by atoms with van der Waals surface area (Å²) in [6.45, 7) is 1.63. The fourth-order valence-corrected chi connectivity index (χ4v) is 5.07. The van der Waals surface area contributed by atoms with Gasteiger partial charge in [-0.1, -0.05) is 0 Å². The van der Waals surface area contributed by atoms with Crippen LogP contribution in [0.3, 0.4) is 0 Å². The van der Waals surface area contributed by atoms with Crippen LogP contribution in [0.1, 0.15) is 26.5 Å². The zero-order valence-electron chi connectivity index (χ0n) is 20.8. The average Bonchev–Trinajstić information content (AvgIpc) is 3.19. The van der Waals surface area contributed by atoms with Crippen molar-refractivity contribution in [3.05, 3.63) is 30.1 Å². The summed E-state index contributed by atoms with van der Waals surface area (Å²) in [6, 6.07) is 3.28. The Kier molecular flexibility index (Phi) is 7.75. The Morgan fingerprint density at radius 1 is 1.18 bits per heavy atom. The Morgan fingerprint density at radius 2 is 1.82 bits per heavy atom. The first-order chi connectivity index (χ1) is 17.7. The van der Waals surface area contributed by atoms with Crippen LogP contribution in [-0.4, -0.2) is 61.2 Å². The van der Waals surface area contributed by atoms with E-state index in [1.165, 1.54) is 6.92 Å². The lowest BCUT2D eigenvalue weighted by Gasteiger charge is -2.35. The van der Waals surface area contributed by atoms with Crippen LogP contribution in [0.25, 0.3) is 0 Å². The van der Waals surface area contributed by atoms with E-state index < -0.39 is 63.2 Å². The van der Waals surface area contributed by atoms with Crippen LogP contribution in [0.4, 0.5) is 42.5 Å². The summed E-state index contributed by atoms with van der Waals surface area (Å²) in [5, 5.41) is 7.67. The molecule has 39 heavy (non-hydrogen) atoms. The van der Waals surface area contributed by atoms with Crippen LogP contribution >= 0.6 is 0 Å². The molecule has 1 aromatic heterocycles. The fourth-order valence-electron chi connectivity index (χ4n) is 3.38. The highest BCUT2D eigenvalue weighted by Crippen LogP contribution is 2.41. The number of hydrogen-bond donors (Lipinski definition) is 2. The van der Waals surface area contributed by atoms with Gasteiger partial charge in [-0.25, -0.2) is 13.2 Å². The van der Waals surface area contributed by atoms with Gasteiger partial charge in [0, 0.05) is 25.9 Å². The van der Waals surface area contributed by atoms with Crippen molar-refractivity contribution in [3.8, 4) is 5.75 Å². The van der Waals surface area contributed by atoms with Crippen molar-refractivity contribution in [1.29, 1.82) is 0 Å². The van der Waals surface area contributed by atoms with Gasteiger partial charge in [-0.3, -0.25) is 19.1 Å². The number of nitrogens with one attached hydrogen (secondary N) is 2. The third-order valence-electron chi connectivity index (χ3n) is 5.38. The van der Waals surface area contributed by atoms with Crippen molar-refractivity contribution in [1.82, 2.24) is 15.1 Å². The van der Waals surface area contributed by atoms with E-state index in [1.807, 2.05) is 5.32 Å². The van der Waals surface area contributed by atoms with Gasteiger partial charge in [-0.15, -0.1) is 0 Å². The van der Waals surface area contributed by atoms with Crippen molar-refractivity contribution >= 4 is 33.4 Å². The molecule has 1 atom stereocenters. The molecule has 0 aliphatic carbocycles. The standard InChI is InChI=1S/C21H23F6N5O6S/c1-11(33)28-8-13-9-32(39(35,36)16-10-31(4)30-17(16)20(22,23)24)14-7-12(5-6-15(14)37-13)29-18(34)38-19(2,3)21(25,26)27/h5-7,10,13H,8-9H2,1-4H3,(H,28,33)(H,29,34). The van der Waals surface area contributed by atoms with E-state index in [2.05, 4.69) is 15.2 Å². The molecule has 1 aromatic carbocycles. The predicted molar refractivity (Wildman–Crippen MR) is 123 cm³/mol. The highest BCUT2D eigenvalue weighted by atomic mass is 32.2. The van der Waals surface area contributed by atoms with E-state index in [4.69, 9.17) is 4.74 Å². The van der Waals surface area contributed by atoms with Crippen molar-refractivity contribution in [3.63, 3.8) is 0 Å². The number of sulfonamides is 1. The number of aromatic nitrogens is 2. The van der Waals surface area contributed by atoms with Crippen LogP contribution in [-0.2, 0) is 32.8 Å². The van der Waals surface area contributed by atoms with Gasteiger partial charge in [-0.05, 0) is 32.0 Å². The van der Waals surface area contributed by atoms with Gasteiger partial charge < -0.3 is 14.8 Å². The van der Waals surface area contributed by atoms with Crippen LogP contribution in [0.15, 0.2) is 29.3 Å². The largest absolute Gasteiger partial charge is 0.484 e. The molecule has 2 aromatic rings. The zero-order valence-corrected chi connectivity index (χ0v) is 21.6. The molecule has 11 nitrogen and oxygen atoms in total. The number of nitrogens with zero attached hydrogens (tertiary/aromatic N) is 3.